The first-order valence-electron chi connectivity index (χ1n) is 5.61. The second-order valence-corrected chi connectivity index (χ2v) is 4.38. The predicted octanol–water partition coefficient (Wildman–Crippen LogP) is 1.80. The van der Waals surface area contributed by atoms with E-state index in [0.29, 0.717) is 26.0 Å². The van der Waals surface area contributed by atoms with Gasteiger partial charge in [0.05, 0.1) is 13.0 Å². The minimum absolute atomic E-state index is 0.253. The van der Waals surface area contributed by atoms with Gasteiger partial charge in [0, 0.05) is 0 Å². The zero-order valence-electron chi connectivity index (χ0n) is 9.30. The highest BCUT2D eigenvalue weighted by Crippen LogP contribution is 2.39. The molecule has 0 radical (unpaired) electrons. The topological polar surface area (TPSA) is 52.3 Å². The van der Waals surface area contributed by atoms with E-state index in [2.05, 4.69) is 0 Å². The first kappa shape index (κ1) is 12.4. The Morgan fingerprint density at radius 1 is 1.67 bits per heavy atom. The summed E-state index contributed by atoms with van der Waals surface area (Å²) in [5, 5.41) is 0. The first-order chi connectivity index (χ1) is 7.12. The molecule has 1 aliphatic carbocycles. The van der Waals surface area contributed by atoms with Crippen LogP contribution >= 0.6 is 0 Å². The average Bonchev–Trinajstić information content (AvgIpc) is 2.18. The van der Waals surface area contributed by atoms with Crippen molar-refractivity contribution in [1.29, 1.82) is 0 Å². The third kappa shape index (κ3) is 3.45. The number of hydrogen-bond acceptors (Lipinski definition) is 3. The molecule has 4 heteroatoms. The molecule has 2 unspecified atom stereocenters. The Balaban J connectivity index is 2.55. The summed E-state index contributed by atoms with van der Waals surface area (Å²) in [6.07, 6.45) is 2.11. The number of alkyl halides is 1. The van der Waals surface area contributed by atoms with Crippen LogP contribution < -0.4 is 5.73 Å². The average molecular weight is 217 g/mol. The molecule has 0 saturated heterocycles. The number of carbonyl (C=O) groups is 1. The fraction of sp³-hybridized carbons (Fsp3) is 0.909. The molecule has 0 heterocycles. The van der Waals surface area contributed by atoms with Crippen molar-refractivity contribution in [2.24, 2.45) is 11.1 Å². The zero-order valence-corrected chi connectivity index (χ0v) is 9.30. The standard InChI is InChI=1S/C11H20FNO2/c1-2-15-10(14)7-11(8-13)5-3-4-9(12)6-11/h9H,2-8,13H2,1H3. The van der Waals surface area contributed by atoms with Crippen molar-refractivity contribution in [3.8, 4) is 0 Å². The van der Waals surface area contributed by atoms with E-state index in [1.54, 1.807) is 6.92 Å². The maximum absolute atomic E-state index is 13.3. The molecule has 1 saturated carbocycles. The molecule has 0 aromatic rings. The normalized spacial score (nSPS) is 31.3. The maximum Gasteiger partial charge on any atom is 0.306 e. The van der Waals surface area contributed by atoms with Crippen LogP contribution in [0.4, 0.5) is 4.39 Å². The Morgan fingerprint density at radius 3 is 2.93 bits per heavy atom. The van der Waals surface area contributed by atoms with E-state index in [1.807, 2.05) is 0 Å². The third-order valence-corrected chi connectivity index (χ3v) is 3.14. The van der Waals surface area contributed by atoms with Crippen LogP contribution in [0.5, 0.6) is 0 Å². The monoisotopic (exact) mass is 217 g/mol. The molecule has 1 aliphatic rings. The van der Waals surface area contributed by atoms with Crippen LogP contribution in [0.15, 0.2) is 0 Å². The lowest BCUT2D eigenvalue weighted by Gasteiger charge is -2.36. The summed E-state index contributed by atoms with van der Waals surface area (Å²) in [6, 6.07) is 0. The molecule has 0 amide bonds. The number of carbonyl (C=O) groups excluding carboxylic acids is 1. The molecule has 2 N–H and O–H groups in total. The summed E-state index contributed by atoms with van der Waals surface area (Å²) in [6.45, 7) is 2.51. The van der Waals surface area contributed by atoms with Gasteiger partial charge in [-0.15, -0.1) is 0 Å². The van der Waals surface area contributed by atoms with E-state index in [4.69, 9.17) is 10.5 Å². The van der Waals surface area contributed by atoms with Gasteiger partial charge >= 0.3 is 5.97 Å². The third-order valence-electron chi connectivity index (χ3n) is 3.14. The van der Waals surface area contributed by atoms with Crippen LogP contribution in [0.25, 0.3) is 0 Å². The lowest BCUT2D eigenvalue weighted by atomic mass is 9.71. The molecule has 0 bridgehead atoms. The molecule has 3 nitrogen and oxygen atoms in total. The number of halogens is 1. The second kappa shape index (κ2) is 5.45. The highest BCUT2D eigenvalue weighted by molar-refractivity contribution is 5.70. The van der Waals surface area contributed by atoms with Crippen LogP contribution in [-0.4, -0.2) is 25.3 Å². The van der Waals surface area contributed by atoms with Gasteiger partial charge in [-0.3, -0.25) is 4.79 Å². The van der Waals surface area contributed by atoms with Gasteiger partial charge in [0.25, 0.3) is 0 Å². The van der Waals surface area contributed by atoms with Gasteiger partial charge in [-0.2, -0.15) is 0 Å². The van der Waals surface area contributed by atoms with Crippen molar-refractivity contribution in [3.05, 3.63) is 0 Å². The number of nitrogens with two attached hydrogens (primary N) is 1. The van der Waals surface area contributed by atoms with Crippen LogP contribution in [0.3, 0.4) is 0 Å². The Hall–Kier alpha value is -0.640. The lowest BCUT2D eigenvalue weighted by molar-refractivity contribution is -0.146. The SMILES string of the molecule is CCOC(=O)CC1(CN)CCCC(F)C1. The van der Waals surface area contributed by atoms with E-state index in [0.717, 1.165) is 12.8 Å². The smallest absolute Gasteiger partial charge is 0.306 e. The van der Waals surface area contributed by atoms with E-state index in [-0.39, 0.29) is 17.8 Å². The van der Waals surface area contributed by atoms with Gasteiger partial charge in [0.2, 0.25) is 0 Å². The van der Waals surface area contributed by atoms with Gasteiger partial charge < -0.3 is 10.5 Å². The Kier molecular flexibility index (Phi) is 4.51. The number of esters is 1. The summed E-state index contributed by atoms with van der Waals surface area (Å²) in [4.78, 5) is 11.4. The molecule has 0 spiro atoms. The number of ether oxygens (including phenoxy) is 1. The maximum atomic E-state index is 13.3. The fourth-order valence-electron chi connectivity index (χ4n) is 2.31. The van der Waals surface area contributed by atoms with E-state index < -0.39 is 6.17 Å². The van der Waals surface area contributed by atoms with E-state index >= 15 is 0 Å². The molecule has 0 aromatic carbocycles. The molecule has 2 atom stereocenters. The molecule has 0 aliphatic heterocycles. The number of rotatable bonds is 4. The van der Waals surface area contributed by atoms with E-state index in [1.165, 1.54) is 0 Å². The van der Waals surface area contributed by atoms with Crippen molar-refractivity contribution in [3.63, 3.8) is 0 Å². The Bertz CT molecular complexity index is 223. The highest BCUT2D eigenvalue weighted by atomic mass is 19.1. The second-order valence-electron chi connectivity index (χ2n) is 4.38. The Morgan fingerprint density at radius 2 is 2.40 bits per heavy atom. The highest BCUT2D eigenvalue weighted by Gasteiger charge is 2.37. The van der Waals surface area contributed by atoms with Crippen LogP contribution in [0.2, 0.25) is 0 Å². The fourth-order valence-corrected chi connectivity index (χ4v) is 2.31. The molecule has 88 valence electrons. The minimum Gasteiger partial charge on any atom is -0.466 e. The van der Waals surface area contributed by atoms with Crippen molar-refractivity contribution < 1.29 is 13.9 Å². The summed E-state index contributed by atoms with van der Waals surface area (Å²) in [5.74, 6) is -0.253. The predicted molar refractivity (Wildman–Crippen MR) is 56.1 cm³/mol. The minimum atomic E-state index is -0.809. The van der Waals surface area contributed by atoms with Crippen LogP contribution in [0.1, 0.15) is 39.0 Å². The van der Waals surface area contributed by atoms with Gasteiger partial charge in [-0.25, -0.2) is 4.39 Å². The van der Waals surface area contributed by atoms with Crippen molar-refractivity contribution in [1.82, 2.24) is 0 Å². The molecule has 1 fully saturated rings. The van der Waals surface area contributed by atoms with Gasteiger partial charge in [-0.1, -0.05) is 0 Å². The molecular formula is C11H20FNO2. The molecule has 15 heavy (non-hydrogen) atoms. The van der Waals surface area contributed by atoms with Crippen molar-refractivity contribution >= 4 is 5.97 Å². The van der Waals surface area contributed by atoms with Crippen molar-refractivity contribution in [2.75, 3.05) is 13.2 Å². The summed E-state index contributed by atoms with van der Waals surface area (Å²) in [5.41, 5.74) is 5.31. The van der Waals surface area contributed by atoms with Gasteiger partial charge in [0.1, 0.15) is 6.17 Å². The quantitative estimate of drug-likeness (QED) is 0.730. The van der Waals surface area contributed by atoms with Crippen LogP contribution in [-0.2, 0) is 9.53 Å². The molecular weight excluding hydrogens is 197 g/mol. The lowest BCUT2D eigenvalue weighted by Crippen LogP contribution is -2.38. The Labute approximate surface area is 90.2 Å². The summed E-state index contributed by atoms with van der Waals surface area (Å²) in [7, 11) is 0. The van der Waals surface area contributed by atoms with E-state index in [9.17, 15) is 9.18 Å². The number of hydrogen-bond donors (Lipinski definition) is 1. The zero-order chi connectivity index (χ0) is 11.3. The van der Waals surface area contributed by atoms with Crippen molar-refractivity contribution in [2.45, 2.75) is 45.2 Å². The van der Waals surface area contributed by atoms with Gasteiger partial charge in [-0.05, 0) is 44.6 Å². The van der Waals surface area contributed by atoms with Crippen LogP contribution in [0, 0.1) is 5.41 Å². The molecule has 1 rings (SSSR count). The van der Waals surface area contributed by atoms with Gasteiger partial charge in [0.15, 0.2) is 0 Å². The first-order valence-corrected chi connectivity index (χ1v) is 5.61. The summed E-state index contributed by atoms with van der Waals surface area (Å²) >= 11 is 0. The molecule has 0 aromatic heterocycles. The summed E-state index contributed by atoms with van der Waals surface area (Å²) < 4.78 is 18.2. The largest absolute Gasteiger partial charge is 0.466 e.